The molecule has 1 aromatic carbocycles. The van der Waals surface area contributed by atoms with Crippen LogP contribution in [-0.2, 0) is 10.2 Å². The van der Waals surface area contributed by atoms with Gasteiger partial charge < -0.3 is 15.0 Å². The van der Waals surface area contributed by atoms with Crippen LogP contribution >= 0.6 is 0 Å². The predicted octanol–water partition coefficient (Wildman–Crippen LogP) is 3.66. The lowest BCUT2D eigenvalue weighted by Gasteiger charge is -2.33. The summed E-state index contributed by atoms with van der Waals surface area (Å²) in [6.07, 6.45) is 10.0. The molecule has 160 valence electrons. The topological polar surface area (TPSA) is 93.1 Å². The molecule has 1 aliphatic rings. The number of ether oxygens (including phenoxy) is 1. The van der Waals surface area contributed by atoms with Crippen molar-refractivity contribution >= 4 is 17.5 Å². The molecule has 8 nitrogen and oxygen atoms in total. The van der Waals surface area contributed by atoms with E-state index in [-0.39, 0.29) is 11.9 Å². The first-order valence-electron chi connectivity index (χ1n) is 10.3. The number of hydrogen-bond acceptors (Lipinski definition) is 7. The van der Waals surface area contributed by atoms with Crippen LogP contribution in [0.5, 0.6) is 5.75 Å². The Balaban J connectivity index is 1.55. The summed E-state index contributed by atoms with van der Waals surface area (Å²) in [4.78, 5) is 32.8. The van der Waals surface area contributed by atoms with Gasteiger partial charge in [-0.2, -0.15) is 0 Å². The second kappa shape index (κ2) is 8.67. The van der Waals surface area contributed by atoms with Gasteiger partial charge in [0.25, 0.3) is 0 Å². The van der Waals surface area contributed by atoms with Crippen molar-refractivity contribution in [2.24, 2.45) is 0 Å². The van der Waals surface area contributed by atoms with Gasteiger partial charge in [-0.25, -0.2) is 9.97 Å². The van der Waals surface area contributed by atoms with Crippen LogP contribution in [0.1, 0.15) is 44.0 Å². The van der Waals surface area contributed by atoms with Crippen LogP contribution in [0.4, 0.5) is 11.6 Å². The maximum absolute atomic E-state index is 13.6. The van der Waals surface area contributed by atoms with Gasteiger partial charge in [0.15, 0.2) is 0 Å². The van der Waals surface area contributed by atoms with Gasteiger partial charge in [-0.3, -0.25) is 14.8 Å². The van der Waals surface area contributed by atoms with E-state index in [1.54, 1.807) is 38.1 Å². The second-order valence-electron chi connectivity index (χ2n) is 8.05. The fraction of sp³-hybridized carbons (Fsp3) is 0.348. The molecule has 0 unspecified atom stereocenters. The average molecular weight is 419 g/mol. The van der Waals surface area contributed by atoms with Crippen molar-refractivity contribution in [2.45, 2.75) is 38.1 Å². The molecule has 4 rings (SSSR count). The minimum Gasteiger partial charge on any atom is -0.497 e. The molecule has 1 aliphatic heterocycles. The Kier molecular flexibility index (Phi) is 5.79. The van der Waals surface area contributed by atoms with Gasteiger partial charge in [-0.1, -0.05) is 12.1 Å². The van der Waals surface area contributed by atoms with E-state index in [1.807, 2.05) is 43.0 Å². The largest absolute Gasteiger partial charge is 0.497 e. The van der Waals surface area contributed by atoms with E-state index in [4.69, 9.17) is 9.72 Å². The van der Waals surface area contributed by atoms with Crippen LogP contribution < -0.4 is 10.1 Å². The second-order valence-corrected chi connectivity index (χ2v) is 8.05. The first-order chi connectivity index (χ1) is 15.0. The van der Waals surface area contributed by atoms with Crippen LogP contribution in [0, 0.1) is 0 Å². The van der Waals surface area contributed by atoms with E-state index in [1.165, 1.54) is 0 Å². The Hall–Kier alpha value is -3.55. The highest BCUT2D eigenvalue weighted by atomic mass is 16.5. The van der Waals surface area contributed by atoms with E-state index < -0.39 is 5.41 Å². The summed E-state index contributed by atoms with van der Waals surface area (Å²) in [6.45, 7) is 4.63. The number of hydrogen-bond donors (Lipinski definition) is 1. The van der Waals surface area contributed by atoms with Crippen LogP contribution in [0.25, 0.3) is 0 Å². The summed E-state index contributed by atoms with van der Waals surface area (Å²) in [7, 11) is 1.63. The van der Waals surface area contributed by atoms with Crippen molar-refractivity contribution in [1.82, 2.24) is 24.8 Å². The Labute approximate surface area is 181 Å². The molecule has 0 bridgehead atoms. The van der Waals surface area contributed by atoms with E-state index in [0.717, 1.165) is 29.8 Å². The number of amides is 1. The number of carbonyl (C=O) groups is 1. The van der Waals surface area contributed by atoms with Gasteiger partial charge in [0.1, 0.15) is 17.4 Å². The molecule has 1 saturated heterocycles. The zero-order valence-corrected chi connectivity index (χ0v) is 17.9. The normalized spacial score (nSPS) is 16.2. The van der Waals surface area contributed by atoms with Crippen LogP contribution in [0.2, 0.25) is 0 Å². The SMILES string of the molecule is COc1ccc(C(C)(C)C(=O)N2CCC[C@@H]2c2cncc(Nc3cnccn3)n2)cc1. The van der Waals surface area contributed by atoms with Crippen molar-refractivity contribution in [3.05, 3.63) is 66.5 Å². The monoisotopic (exact) mass is 418 g/mol. The van der Waals surface area contributed by atoms with Crippen LogP contribution in [0.3, 0.4) is 0 Å². The fourth-order valence-electron chi connectivity index (χ4n) is 3.90. The minimum atomic E-state index is -0.669. The van der Waals surface area contributed by atoms with Gasteiger partial charge >= 0.3 is 0 Å². The average Bonchev–Trinajstić information content (AvgIpc) is 3.29. The number of nitrogens with zero attached hydrogens (tertiary/aromatic N) is 5. The number of rotatable bonds is 6. The molecule has 0 saturated carbocycles. The summed E-state index contributed by atoms with van der Waals surface area (Å²) in [5.41, 5.74) is 1.05. The third kappa shape index (κ3) is 4.33. The highest BCUT2D eigenvalue weighted by Crippen LogP contribution is 2.36. The molecule has 1 atom stereocenters. The van der Waals surface area contributed by atoms with E-state index >= 15 is 0 Å². The van der Waals surface area contributed by atoms with E-state index in [2.05, 4.69) is 20.3 Å². The molecule has 2 aromatic heterocycles. The predicted molar refractivity (Wildman–Crippen MR) is 117 cm³/mol. The summed E-state index contributed by atoms with van der Waals surface area (Å²) in [5, 5.41) is 3.12. The summed E-state index contributed by atoms with van der Waals surface area (Å²) < 4.78 is 5.25. The van der Waals surface area contributed by atoms with Gasteiger partial charge in [0.05, 0.1) is 42.9 Å². The number of benzene rings is 1. The van der Waals surface area contributed by atoms with Crippen LogP contribution in [-0.4, -0.2) is 44.4 Å². The van der Waals surface area contributed by atoms with Gasteiger partial charge in [-0.05, 0) is 44.4 Å². The maximum Gasteiger partial charge on any atom is 0.233 e. The lowest BCUT2D eigenvalue weighted by atomic mass is 9.83. The molecular formula is C23H26N6O2. The molecule has 31 heavy (non-hydrogen) atoms. The number of carbonyl (C=O) groups excluding carboxylic acids is 1. The smallest absolute Gasteiger partial charge is 0.233 e. The molecule has 3 aromatic rings. The van der Waals surface area contributed by atoms with E-state index in [9.17, 15) is 4.79 Å². The molecule has 0 radical (unpaired) electrons. The highest BCUT2D eigenvalue weighted by molar-refractivity contribution is 5.88. The molecular weight excluding hydrogens is 392 g/mol. The molecule has 3 heterocycles. The van der Waals surface area contributed by atoms with E-state index in [0.29, 0.717) is 18.2 Å². The minimum absolute atomic E-state index is 0.0780. The summed E-state index contributed by atoms with van der Waals surface area (Å²) >= 11 is 0. The van der Waals surface area contributed by atoms with Gasteiger partial charge in [-0.15, -0.1) is 0 Å². The van der Waals surface area contributed by atoms with Crippen molar-refractivity contribution in [3.8, 4) is 5.75 Å². The molecule has 1 amide bonds. The third-order valence-corrected chi connectivity index (χ3v) is 5.67. The van der Waals surface area contributed by atoms with Gasteiger partial charge in [0.2, 0.25) is 5.91 Å². The quantitative estimate of drug-likeness (QED) is 0.653. The van der Waals surface area contributed by atoms with Crippen LogP contribution in [0.15, 0.2) is 55.2 Å². The lowest BCUT2D eigenvalue weighted by Crippen LogP contribution is -2.43. The number of methoxy groups -OCH3 is 1. The molecule has 1 fully saturated rings. The Morgan fingerprint density at radius 3 is 2.58 bits per heavy atom. The summed E-state index contributed by atoms with van der Waals surface area (Å²) in [5.74, 6) is 2.02. The van der Waals surface area contributed by atoms with Crippen molar-refractivity contribution in [1.29, 1.82) is 0 Å². The highest BCUT2D eigenvalue weighted by Gasteiger charge is 2.40. The maximum atomic E-state index is 13.6. The Morgan fingerprint density at radius 1 is 1.10 bits per heavy atom. The first-order valence-corrected chi connectivity index (χ1v) is 10.3. The van der Waals surface area contributed by atoms with Gasteiger partial charge in [0, 0.05) is 18.9 Å². The van der Waals surface area contributed by atoms with Crippen molar-refractivity contribution < 1.29 is 9.53 Å². The molecule has 0 spiro atoms. The number of aromatic nitrogens is 4. The number of nitrogens with one attached hydrogen (secondary N) is 1. The Morgan fingerprint density at radius 2 is 1.87 bits per heavy atom. The first kappa shape index (κ1) is 20.7. The zero-order valence-electron chi connectivity index (χ0n) is 17.9. The lowest BCUT2D eigenvalue weighted by molar-refractivity contribution is -0.137. The fourth-order valence-corrected chi connectivity index (χ4v) is 3.90. The number of likely N-dealkylation sites (tertiary alicyclic amines) is 1. The number of anilines is 2. The zero-order chi connectivity index (χ0) is 21.8. The van der Waals surface area contributed by atoms with Crippen molar-refractivity contribution in [3.63, 3.8) is 0 Å². The van der Waals surface area contributed by atoms with Crippen molar-refractivity contribution in [2.75, 3.05) is 19.0 Å². The molecule has 0 aliphatic carbocycles. The standard InChI is InChI=1S/C23H26N6O2/c1-23(2,16-6-8-17(31-3)9-7-16)22(30)29-12-4-5-19(29)18-13-25-15-21(27-18)28-20-14-24-10-11-26-20/h6-11,13-15,19H,4-5,12H2,1-3H3,(H,26,27,28)/t19-/m1/s1. The summed E-state index contributed by atoms with van der Waals surface area (Å²) in [6, 6.07) is 7.57. The molecule has 8 heteroatoms. The Bertz CT molecular complexity index is 1040. The molecule has 1 N–H and O–H groups in total. The third-order valence-electron chi connectivity index (χ3n) is 5.67.